The maximum atomic E-state index is 4.53. The number of nitrogens with one attached hydrogen (secondary N) is 1. The van der Waals surface area contributed by atoms with Gasteiger partial charge in [0.15, 0.2) is 5.96 Å². The molecule has 0 aliphatic carbocycles. The summed E-state index contributed by atoms with van der Waals surface area (Å²) in [5.74, 6) is 1.01. The van der Waals surface area contributed by atoms with E-state index < -0.39 is 0 Å². The van der Waals surface area contributed by atoms with Crippen LogP contribution >= 0.6 is 24.0 Å². The van der Waals surface area contributed by atoms with Crippen molar-refractivity contribution in [2.75, 3.05) is 33.2 Å². The zero-order chi connectivity index (χ0) is 18.5. The van der Waals surface area contributed by atoms with E-state index in [2.05, 4.69) is 49.4 Å². The molecule has 5 nitrogen and oxygen atoms in total. The highest BCUT2D eigenvalue weighted by Gasteiger charge is 2.30. The van der Waals surface area contributed by atoms with Gasteiger partial charge in [-0.25, -0.2) is 0 Å². The number of hydrogen-bond donors (Lipinski definition) is 1. The number of pyridine rings is 1. The van der Waals surface area contributed by atoms with Crippen molar-refractivity contribution in [3.63, 3.8) is 0 Å². The van der Waals surface area contributed by atoms with Crippen LogP contribution in [-0.4, -0.2) is 60.0 Å². The monoisotopic (exact) mass is 491 g/mol. The van der Waals surface area contributed by atoms with E-state index in [0.29, 0.717) is 6.04 Å². The molecule has 1 atom stereocenters. The van der Waals surface area contributed by atoms with Crippen molar-refractivity contribution in [1.82, 2.24) is 20.1 Å². The maximum absolute atomic E-state index is 4.53. The number of hydrogen-bond acceptors (Lipinski definition) is 3. The summed E-state index contributed by atoms with van der Waals surface area (Å²) in [6.07, 6.45) is 5.80. The molecule has 3 heterocycles. The predicted molar refractivity (Wildman–Crippen MR) is 126 cm³/mol. The fraction of sp³-hybridized carbons (Fsp3) is 0.455. The number of aliphatic imine (C=N–C) groups is 1. The Morgan fingerprint density at radius 3 is 2.75 bits per heavy atom. The molecule has 0 amide bonds. The summed E-state index contributed by atoms with van der Waals surface area (Å²) in [4.78, 5) is 14.0. The molecule has 28 heavy (non-hydrogen) atoms. The Morgan fingerprint density at radius 1 is 1.14 bits per heavy atom. The molecule has 1 N–H and O–H groups in total. The van der Waals surface area contributed by atoms with Crippen LogP contribution < -0.4 is 5.32 Å². The topological polar surface area (TPSA) is 43.8 Å². The third kappa shape index (κ3) is 5.03. The largest absolute Gasteiger partial charge is 0.352 e. The van der Waals surface area contributed by atoms with Gasteiger partial charge in [-0.05, 0) is 56.1 Å². The van der Waals surface area contributed by atoms with Crippen molar-refractivity contribution in [3.05, 3.63) is 54.2 Å². The summed E-state index contributed by atoms with van der Waals surface area (Å²) in [5, 5.41) is 3.55. The van der Waals surface area contributed by atoms with Crippen LogP contribution in [-0.2, 0) is 6.54 Å². The second kappa shape index (κ2) is 10.2. The van der Waals surface area contributed by atoms with E-state index in [0.717, 1.165) is 36.9 Å². The molecule has 1 aromatic carbocycles. The molecule has 1 aromatic heterocycles. The van der Waals surface area contributed by atoms with Gasteiger partial charge in [0.2, 0.25) is 0 Å². The quantitative estimate of drug-likeness (QED) is 0.403. The average molecular weight is 491 g/mol. The molecule has 1 unspecified atom stereocenters. The Hall–Kier alpha value is -1.67. The number of nitrogens with zero attached hydrogens (tertiary/aromatic N) is 4. The highest BCUT2D eigenvalue weighted by Crippen LogP contribution is 2.21. The van der Waals surface area contributed by atoms with Gasteiger partial charge in [-0.1, -0.05) is 24.3 Å². The fourth-order valence-corrected chi connectivity index (χ4v) is 4.23. The molecule has 0 radical (unpaired) electrons. The number of aromatic nitrogens is 1. The van der Waals surface area contributed by atoms with Gasteiger partial charge >= 0.3 is 0 Å². The molecular formula is C22H30IN5. The van der Waals surface area contributed by atoms with Crippen LogP contribution in [0.25, 0.3) is 11.3 Å². The number of halogens is 1. The van der Waals surface area contributed by atoms with Crippen molar-refractivity contribution < 1.29 is 0 Å². The number of guanidine groups is 1. The number of benzene rings is 1. The first kappa shape index (κ1) is 21.0. The Morgan fingerprint density at radius 2 is 2.00 bits per heavy atom. The normalized spacial score (nSPS) is 20.2. The SMILES string of the molecule is CN=C(NCc1cccc(-c2ccccn2)c1)N1CCC(N2CCCC2)C1.I. The summed E-state index contributed by atoms with van der Waals surface area (Å²) >= 11 is 0. The number of likely N-dealkylation sites (tertiary alicyclic amines) is 2. The molecular weight excluding hydrogens is 461 g/mol. The summed E-state index contributed by atoms with van der Waals surface area (Å²) in [7, 11) is 1.88. The molecule has 2 aliphatic heterocycles. The van der Waals surface area contributed by atoms with Crippen molar-refractivity contribution in [2.45, 2.75) is 31.8 Å². The lowest BCUT2D eigenvalue weighted by Gasteiger charge is -2.25. The molecule has 2 aliphatic rings. The predicted octanol–water partition coefficient (Wildman–Crippen LogP) is 3.61. The van der Waals surface area contributed by atoms with Crippen LogP contribution in [0.1, 0.15) is 24.8 Å². The third-order valence-electron chi connectivity index (χ3n) is 5.67. The molecule has 2 aromatic rings. The number of rotatable bonds is 4. The van der Waals surface area contributed by atoms with Crippen LogP contribution in [0.3, 0.4) is 0 Å². The first-order valence-corrected chi connectivity index (χ1v) is 10.0. The smallest absolute Gasteiger partial charge is 0.193 e. The van der Waals surface area contributed by atoms with Gasteiger partial charge in [0, 0.05) is 44.5 Å². The van der Waals surface area contributed by atoms with Crippen LogP contribution in [0.2, 0.25) is 0 Å². The van der Waals surface area contributed by atoms with Gasteiger partial charge in [0.05, 0.1) is 5.69 Å². The summed E-state index contributed by atoms with van der Waals surface area (Å²) in [6.45, 7) is 5.50. The Labute approximate surface area is 185 Å². The molecule has 2 saturated heterocycles. The van der Waals surface area contributed by atoms with Crippen molar-refractivity contribution >= 4 is 29.9 Å². The lowest BCUT2D eigenvalue weighted by atomic mass is 10.1. The Bertz CT molecular complexity index is 774. The molecule has 0 saturated carbocycles. The van der Waals surface area contributed by atoms with E-state index >= 15 is 0 Å². The summed E-state index contributed by atoms with van der Waals surface area (Å²) < 4.78 is 0. The molecule has 0 spiro atoms. The summed E-state index contributed by atoms with van der Waals surface area (Å²) in [6, 6.07) is 15.3. The van der Waals surface area contributed by atoms with E-state index in [1.165, 1.54) is 37.9 Å². The minimum absolute atomic E-state index is 0. The van der Waals surface area contributed by atoms with Gasteiger partial charge in [0.25, 0.3) is 0 Å². The highest BCUT2D eigenvalue weighted by molar-refractivity contribution is 14.0. The minimum atomic E-state index is 0. The van der Waals surface area contributed by atoms with Gasteiger partial charge in [-0.3, -0.25) is 14.9 Å². The molecule has 6 heteroatoms. The van der Waals surface area contributed by atoms with Crippen molar-refractivity contribution in [3.8, 4) is 11.3 Å². The second-order valence-electron chi connectivity index (χ2n) is 7.45. The second-order valence-corrected chi connectivity index (χ2v) is 7.45. The van der Waals surface area contributed by atoms with Crippen LogP contribution in [0, 0.1) is 0 Å². The molecule has 150 valence electrons. The van der Waals surface area contributed by atoms with Gasteiger partial charge in [-0.2, -0.15) is 0 Å². The van der Waals surface area contributed by atoms with E-state index in [4.69, 9.17) is 0 Å². The lowest BCUT2D eigenvalue weighted by molar-refractivity contribution is 0.249. The van der Waals surface area contributed by atoms with Crippen LogP contribution in [0.15, 0.2) is 53.7 Å². The molecule has 0 bridgehead atoms. The van der Waals surface area contributed by atoms with E-state index in [9.17, 15) is 0 Å². The Balaban J connectivity index is 0.00000225. The van der Waals surface area contributed by atoms with Crippen LogP contribution in [0.4, 0.5) is 0 Å². The minimum Gasteiger partial charge on any atom is -0.352 e. The summed E-state index contributed by atoms with van der Waals surface area (Å²) in [5.41, 5.74) is 3.41. The van der Waals surface area contributed by atoms with Gasteiger partial charge in [-0.15, -0.1) is 24.0 Å². The first-order valence-electron chi connectivity index (χ1n) is 10.0. The van der Waals surface area contributed by atoms with Crippen molar-refractivity contribution in [1.29, 1.82) is 0 Å². The lowest BCUT2D eigenvalue weighted by Crippen LogP contribution is -2.42. The molecule has 4 rings (SSSR count). The Kier molecular flexibility index (Phi) is 7.67. The average Bonchev–Trinajstić information content (AvgIpc) is 3.41. The highest BCUT2D eigenvalue weighted by atomic mass is 127. The standard InChI is InChI=1S/C22H29N5.HI/c1-23-22(27-14-10-20(17-27)26-12-4-5-13-26)25-16-18-7-6-8-19(15-18)21-9-2-3-11-24-21;/h2-3,6-9,11,15,20H,4-5,10,12-14,16-17H2,1H3,(H,23,25);1H. The first-order chi connectivity index (χ1) is 13.3. The van der Waals surface area contributed by atoms with Gasteiger partial charge < -0.3 is 10.2 Å². The maximum Gasteiger partial charge on any atom is 0.193 e. The zero-order valence-electron chi connectivity index (χ0n) is 16.6. The third-order valence-corrected chi connectivity index (χ3v) is 5.67. The molecule has 2 fully saturated rings. The fourth-order valence-electron chi connectivity index (χ4n) is 4.23. The van der Waals surface area contributed by atoms with Crippen molar-refractivity contribution in [2.24, 2.45) is 4.99 Å². The van der Waals surface area contributed by atoms with Gasteiger partial charge in [0.1, 0.15) is 0 Å². The van der Waals surface area contributed by atoms with E-state index in [1.807, 2.05) is 31.4 Å². The van der Waals surface area contributed by atoms with E-state index in [1.54, 1.807) is 0 Å². The van der Waals surface area contributed by atoms with Crippen LogP contribution in [0.5, 0.6) is 0 Å². The zero-order valence-corrected chi connectivity index (χ0v) is 18.9. The van der Waals surface area contributed by atoms with E-state index in [-0.39, 0.29) is 24.0 Å².